The lowest BCUT2D eigenvalue weighted by atomic mass is 10.0. The van der Waals surface area contributed by atoms with E-state index in [4.69, 9.17) is 12.2 Å². The van der Waals surface area contributed by atoms with Crippen LogP contribution in [0.1, 0.15) is 38.4 Å². The zero-order valence-electron chi connectivity index (χ0n) is 11.9. The van der Waals surface area contributed by atoms with Gasteiger partial charge in [0.25, 0.3) is 0 Å². The summed E-state index contributed by atoms with van der Waals surface area (Å²) in [5.74, 6) is 2.82. The second kappa shape index (κ2) is 5.68. The number of H-pyrrole nitrogens is 1. The molecule has 110 valence electrons. The third-order valence-corrected chi connectivity index (χ3v) is 5.07. The zero-order chi connectivity index (χ0) is 14.1. The van der Waals surface area contributed by atoms with Crippen LogP contribution in [-0.2, 0) is 17.8 Å². The van der Waals surface area contributed by atoms with Crippen molar-refractivity contribution in [2.75, 3.05) is 6.54 Å². The number of aromatic amines is 1. The summed E-state index contributed by atoms with van der Waals surface area (Å²) in [6, 6.07) is 0. The van der Waals surface area contributed by atoms with E-state index in [-0.39, 0.29) is 5.91 Å². The molecule has 2 aliphatic rings. The van der Waals surface area contributed by atoms with Crippen molar-refractivity contribution in [1.29, 1.82) is 0 Å². The Morgan fingerprint density at radius 1 is 1.45 bits per heavy atom. The van der Waals surface area contributed by atoms with Gasteiger partial charge < -0.3 is 9.88 Å². The van der Waals surface area contributed by atoms with Crippen LogP contribution < -0.4 is 5.32 Å². The highest BCUT2D eigenvalue weighted by molar-refractivity contribution is 7.71. The Morgan fingerprint density at radius 3 is 2.80 bits per heavy atom. The molecule has 2 saturated carbocycles. The quantitative estimate of drug-likeness (QED) is 0.817. The summed E-state index contributed by atoms with van der Waals surface area (Å²) < 4.78 is 2.63. The van der Waals surface area contributed by atoms with Gasteiger partial charge in [0.2, 0.25) is 5.91 Å². The fourth-order valence-corrected chi connectivity index (χ4v) is 3.94. The van der Waals surface area contributed by atoms with Gasteiger partial charge in [0, 0.05) is 25.4 Å². The van der Waals surface area contributed by atoms with Gasteiger partial charge in [-0.05, 0) is 43.8 Å². The average Bonchev–Trinajstić information content (AvgIpc) is 3.09. The van der Waals surface area contributed by atoms with Gasteiger partial charge in [-0.2, -0.15) is 5.10 Å². The van der Waals surface area contributed by atoms with Gasteiger partial charge in [-0.3, -0.25) is 9.89 Å². The maximum absolute atomic E-state index is 12.2. The molecular formula is C14H22N4OS. The Kier molecular flexibility index (Phi) is 3.92. The van der Waals surface area contributed by atoms with E-state index < -0.39 is 0 Å². The highest BCUT2D eigenvalue weighted by Crippen LogP contribution is 2.55. The Bertz CT molecular complexity index is 538. The lowest BCUT2D eigenvalue weighted by Crippen LogP contribution is -2.28. The first-order valence-corrected chi connectivity index (χ1v) is 8.05. The van der Waals surface area contributed by atoms with Crippen molar-refractivity contribution >= 4 is 18.1 Å². The first kappa shape index (κ1) is 13.8. The molecule has 0 bridgehead atoms. The van der Waals surface area contributed by atoms with E-state index >= 15 is 0 Å². The van der Waals surface area contributed by atoms with Crippen molar-refractivity contribution in [1.82, 2.24) is 20.1 Å². The number of amides is 1. The van der Waals surface area contributed by atoms with E-state index in [9.17, 15) is 4.79 Å². The number of nitrogens with zero attached hydrogens (tertiary/aromatic N) is 2. The van der Waals surface area contributed by atoms with E-state index in [1.165, 1.54) is 25.7 Å². The summed E-state index contributed by atoms with van der Waals surface area (Å²) >= 11 is 5.15. The molecule has 0 spiro atoms. The molecule has 20 heavy (non-hydrogen) atoms. The molecule has 2 fully saturated rings. The van der Waals surface area contributed by atoms with Gasteiger partial charge in [-0.25, -0.2) is 0 Å². The maximum Gasteiger partial charge on any atom is 0.223 e. The number of rotatable bonds is 5. The number of nitrogens with one attached hydrogen (secondary N) is 2. The monoisotopic (exact) mass is 294 g/mol. The fraction of sp³-hybridized carbons (Fsp3) is 0.786. The number of carbonyl (C=O) groups is 1. The van der Waals surface area contributed by atoms with E-state index in [1.54, 1.807) is 0 Å². The Morgan fingerprint density at radius 2 is 2.15 bits per heavy atom. The van der Waals surface area contributed by atoms with Crippen molar-refractivity contribution in [2.45, 2.75) is 45.6 Å². The lowest BCUT2D eigenvalue weighted by Gasteiger charge is -2.05. The van der Waals surface area contributed by atoms with E-state index in [2.05, 4.69) is 15.5 Å². The maximum atomic E-state index is 12.2. The van der Waals surface area contributed by atoms with Gasteiger partial charge in [-0.1, -0.05) is 12.8 Å². The third-order valence-electron chi connectivity index (χ3n) is 4.76. The molecule has 3 rings (SSSR count). The molecule has 2 N–H and O–H groups in total. The second-order valence-corrected chi connectivity index (χ2v) is 6.25. The van der Waals surface area contributed by atoms with Crippen LogP contribution in [0.3, 0.4) is 0 Å². The van der Waals surface area contributed by atoms with Crippen LogP contribution in [0.15, 0.2) is 0 Å². The number of fused-ring (bicyclic) bond motifs is 1. The number of aromatic nitrogens is 3. The van der Waals surface area contributed by atoms with Gasteiger partial charge in [0.05, 0.1) is 0 Å². The first-order valence-electron chi connectivity index (χ1n) is 7.64. The van der Waals surface area contributed by atoms with Gasteiger partial charge >= 0.3 is 0 Å². The molecule has 1 aromatic rings. The molecule has 0 aromatic carbocycles. The van der Waals surface area contributed by atoms with Gasteiger partial charge in [-0.15, -0.1) is 0 Å². The third kappa shape index (κ3) is 2.53. The molecule has 1 aromatic heterocycles. The standard InChI is InChI=1S/C14H22N4OS/c1-2-18-11(16-17-14(18)20)7-8-15-13(19)12-9-5-3-4-6-10(9)12/h9-10,12H,2-8H2,1H3,(H,15,19)(H,17,20)/t9-,10+,12?. The largest absolute Gasteiger partial charge is 0.355 e. The van der Waals surface area contributed by atoms with Crippen molar-refractivity contribution in [3.8, 4) is 0 Å². The molecule has 1 heterocycles. The molecule has 5 nitrogen and oxygen atoms in total. The summed E-state index contributed by atoms with van der Waals surface area (Å²) in [4.78, 5) is 12.2. The zero-order valence-corrected chi connectivity index (χ0v) is 12.7. The summed E-state index contributed by atoms with van der Waals surface area (Å²) in [7, 11) is 0. The van der Waals surface area contributed by atoms with Crippen LogP contribution in [0.4, 0.5) is 0 Å². The molecule has 0 saturated heterocycles. The summed E-state index contributed by atoms with van der Waals surface area (Å²) in [5, 5.41) is 10.1. The van der Waals surface area contributed by atoms with Crippen LogP contribution in [0.25, 0.3) is 0 Å². The Labute approximate surface area is 124 Å². The molecule has 2 aliphatic carbocycles. The van der Waals surface area contributed by atoms with Crippen molar-refractivity contribution in [2.24, 2.45) is 17.8 Å². The topological polar surface area (TPSA) is 62.7 Å². The minimum Gasteiger partial charge on any atom is -0.355 e. The molecule has 6 heteroatoms. The SMILES string of the molecule is CCn1c(CCNC(=O)C2[C@H]3CCCC[C@@H]23)n[nH]c1=S. The first-order chi connectivity index (χ1) is 9.72. The minimum absolute atomic E-state index is 0.249. The van der Waals surface area contributed by atoms with Crippen molar-refractivity contribution in [3.05, 3.63) is 10.6 Å². The molecule has 1 unspecified atom stereocenters. The van der Waals surface area contributed by atoms with Crippen LogP contribution in [-0.4, -0.2) is 27.2 Å². The Hall–Kier alpha value is -1.17. The smallest absolute Gasteiger partial charge is 0.223 e. The van der Waals surface area contributed by atoms with Crippen LogP contribution in [0.5, 0.6) is 0 Å². The highest BCUT2D eigenvalue weighted by Gasteiger charge is 2.54. The number of hydrogen-bond donors (Lipinski definition) is 2. The van der Waals surface area contributed by atoms with Gasteiger partial charge in [0.15, 0.2) is 4.77 Å². The molecule has 3 atom stereocenters. The van der Waals surface area contributed by atoms with Crippen LogP contribution >= 0.6 is 12.2 Å². The average molecular weight is 294 g/mol. The predicted octanol–water partition coefficient (Wildman–Crippen LogP) is 2.06. The number of carbonyl (C=O) groups excluding carboxylic acids is 1. The fourth-order valence-electron chi connectivity index (χ4n) is 3.66. The van der Waals surface area contributed by atoms with Gasteiger partial charge in [0.1, 0.15) is 5.82 Å². The van der Waals surface area contributed by atoms with Crippen molar-refractivity contribution in [3.63, 3.8) is 0 Å². The normalized spacial score (nSPS) is 27.9. The van der Waals surface area contributed by atoms with E-state index in [1.807, 2.05) is 11.5 Å². The second-order valence-electron chi connectivity index (χ2n) is 5.87. The Balaban J connectivity index is 1.48. The lowest BCUT2D eigenvalue weighted by molar-refractivity contribution is -0.122. The van der Waals surface area contributed by atoms with Crippen LogP contribution in [0.2, 0.25) is 0 Å². The molecule has 1 amide bonds. The minimum atomic E-state index is 0.249. The summed E-state index contributed by atoms with van der Waals surface area (Å²) in [5.41, 5.74) is 0. The molecule has 0 aliphatic heterocycles. The van der Waals surface area contributed by atoms with E-state index in [0.29, 0.717) is 29.1 Å². The van der Waals surface area contributed by atoms with E-state index in [0.717, 1.165) is 18.8 Å². The summed E-state index contributed by atoms with van der Waals surface area (Å²) in [6.07, 6.45) is 5.83. The van der Waals surface area contributed by atoms with Crippen molar-refractivity contribution < 1.29 is 4.79 Å². The summed E-state index contributed by atoms with van der Waals surface area (Å²) in [6.45, 7) is 3.50. The number of hydrogen-bond acceptors (Lipinski definition) is 3. The van der Waals surface area contributed by atoms with Crippen LogP contribution in [0, 0.1) is 22.5 Å². The molecular weight excluding hydrogens is 272 g/mol. The highest BCUT2D eigenvalue weighted by atomic mass is 32.1. The molecule has 0 radical (unpaired) electrons. The predicted molar refractivity (Wildman–Crippen MR) is 78.7 cm³/mol.